The minimum atomic E-state index is -0.843. The Hall–Kier alpha value is -1.92. The Balaban J connectivity index is 3.40. The zero-order valence-corrected chi connectivity index (χ0v) is 49.1. The maximum atomic E-state index is 12.5. The normalized spacial score (nSPS) is 12.8. The van der Waals surface area contributed by atoms with E-state index in [4.69, 9.17) is 4.74 Å². The van der Waals surface area contributed by atoms with Gasteiger partial charge in [-0.25, -0.2) is 0 Å². The van der Waals surface area contributed by atoms with Gasteiger partial charge in [0.15, 0.2) is 0 Å². The monoisotopic (exact) mass is 1030 g/mol. The zero-order valence-electron chi connectivity index (χ0n) is 49.1. The summed E-state index contributed by atoms with van der Waals surface area (Å²) in [6.07, 6.45) is 79.2. The number of rotatable bonds is 61. The first-order valence-electron chi connectivity index (χ1n) is 32.8. The maximum Gasteiger partial charge on any atom is 0.305 e. The summed E-state index contributed by atoms with van der Waals surface area (Å²) in [4.78, 5) is 24.5. The van der Waals surface area contributed by atoms with Crippen LogP contribution in [0.5, 0.6) is 0 Å². The Morgan fingerprint density at radius 2 is 0.685 bits per heavy atom. The summed E-state index contributed by atoms with van der Waals surface area (Å²) in [5.41, 5.74) is 0. The lowest BCUT2D eigenvalue weighted by Crippen LogP contribution is -2.45. The van der Waals surface area contributed by atoms with Gasteiger partial charge in [0.2, 0.25) is 5.91 Å². The van der Waals surface area contributed by atoms with Crippen LogP contribution in [0.2, 0.25) is 0 Å². The number of esters is 1. The minimum Gasteiger partial charge on any atom is -0.466 e. The van der Waals surface area contributed by atoms with Crippen molar-refractivity contribution in [2.45, 2.75) is 366 Å². The highest BCUT2D eigenvalue weighted by Gasteiger charge is 2.18. The molecule has 430 valence electrons. The second-order valence-corrected chi connectivity index (χ2v) is 22.5. The van der Waals surface area contributed by atoms with E-state index in [1.807, 2.05) is 6.08 Å². The van der Waals surface area contributed by atoms with E-state index < -0.39 is 12.1 Å². The van der Waals surface area contributed by atoms with Gasteiger partial charge in [0, 0.05) is 12.8 Å². The lowest BCUT2D eigenvalue weighted by molar-refractivity contribution is -0.143. The molecule has 0 saturated carbocycles. The third-order valence-electron chi connectivity index (χ3n) is 15.2. The van der Waals surface area contributed by atoms with E-state index in [9.17, 15) is 19.8 Å². The molecule has 0 aromatic heterocycles. The second-order valence-electron chi connectivity index (χ2n) is 22.5. The molecule has 0 fully saturated rings. The molecule has 1 amide bonds. The van der Waals surface area contributed by atoms with Crippen LogP contribution in [0.1, 0.15) is 354 Å². The summed E-state index contributed by atoms with van der Waals surface area (Å²) in [6, 6.07) is -0.627. The van der Waals surface area contributed by atoms with Crippen LogP contribution in [0.3, 0.4) is 0 Å². The molecule has 0 spiro atoms. The fraction of sp³-hybridized carbons (Fsp3) is 0.881. The standard InChI is InChI=1S/C67H127NO5/c1-3-5-7-9-11-13-15-36-39-43-47-51-55-59-65(70)64(63-69)68-66(71)60-56-52-48-44-40-37-34-32-30-28-26-24-22-20-18-17-19-21-23-25-27-29-31-33-35-38-42-46-50-54-58-62-73-67(72)61-57-53-49-45-41-16-14-12-10-8-6-4-2/h19,21,25,27,55,59,64-65,69-70H,3-18,20,22-24,26,28-54,56-58,60-63H2,1-2H3,(H,68,71)/b21-19-,27-25-,59-55+. The van der Waals surface area contributed by atoms with Crippen LogP contribution < -0.4 is 5.32 Å². The third-order valence-corrected chi connectivity index (χ3v) is 15.2. The van der Waals surface area contributed by atoms with Gasteiger partial charge in [-0.2, -0.15) is 0 Å². The average molecular weight is 1030 g/mol. The molecular formula is C67H127NO5. The van der Waals surface area contributed by atoms with E-state index in [1.54, 1.807) is 6.08 Å². The molecule has 0 rings (SSSR count). The minimum absolute atomic E-state index is 0.0136. The van der Waals surface area contributed by atoms with Crippen molar-refractivity contribution in [3.05, 3.63) is 36.5 Å². The van der Waals surface area contributed by atoms with E-state index in [1.165, 1.54) is 283 Å². The topological polar surface area (TPSA) is 95.9 Å². The molecule has 0 aliphatic heterocycles. The Kier molecular flexibility index (Phi) is 61.0. The van der Waals surface area contributed by atoms with E-state index in [2.05, 4.69) is 43.5 Å². The van der Waals surface area contributed by atoms with Gasteiger partial charge < -0.3 is 20.3 Å². The Bertz CT molecular complexity index is 1180. The predicted octanol–water partition coefficient (Wildman–Crippen LogP) is 20.8. The number of carbonyl (C=O) groups is 2. The summed E-state index contributed by atoms with van der Waals surface area (Å²) in [7, 11) is 0. The summed E-state index contributed by atoms with van der Waals surface area (Å²) in [6.45, 7) is 4.91. The molecule has 0 radical (unpaired) electrons. The van der Waals surface area contributed by atoms with Gasteiger partial charge in [-0.3, -0.25) is 9.59 Å². The van der Waals surface area contributed by atoms with Crippen LogP contribution in [-0.2, 0) is 14.3 Å². The highest BCUT2D eigenvalue weighted by molar-refractivity contribution is 5.76. The van der Waals surface area contributed by atoms with Crippen LogP contribution in [0.4, 0.5) is 0 Å². The van der Waals surface area contributed by atoms with Crippen molar-refractivity contribution in [1.82, 2.24) is 5.32 Å². The van der Waals surface area contributed by atoms with Gasteiger partial charge in [-0.15, -0.1) is 0 Å². The first-order valence-corrected chi connectivity index (χ1v) is 32.8. The van der Waals surface area contributed by atoms with Crippen molar-refractivity contribution in [2.75, 3.05) is 13.2 Å². The predicted molar refractivity (Wildman–Crippen MR) is 319 cm³/mol. The molecule has 2 unspecified atom stereocenters. The van der Waals surface area contributed by atoms with Gasteiger partial charge >= 0.3 is 5.97 Å². The number of carbonyl (C=O) groups excluding carboxylic acids is 2. The number of nitrogens with one attached hydrogen (secondary N) is 1. The van der Waals surface area contributed by atoms with Crippen LogP contribution in [0.25, 0.3) is 0 Å². The largest absolute Gasteiger partial charge is 0.466 e. The summed E-state index contributed by atoms with van der Waals surface area (Å²) in [5, 5.41) is 23.1. The van der Waals surface area contributed by atoms with Gasteiger partial charge in [-0.1, -0.05) is 314 Å². The molecule has 0 aromatic rings. The summed E-state index contributed by atoms with van der Waals surface area (Å²) in [5.74, 6) is -0.0530. The number of aliphatic hydroxyl groups excluding tert-OH is 2. The van der Waals surface area contributed by atoms with Crippen molar-refractivity contribution in [1.29, 1.82) is 0 Å². The van der Waals surface area contributed by atoms with Crippen molar-refractivity contribution < 1.29 is 24.5 Å². The molecule has 0 aromatic carbocycles. The Morgan fingerprint density at radius 1 is 0.384 bits per heavy atom. The van der Waals surface area contributed by atoms with Gasteiger partial charge in [0.25, 0.3) is 0 Å². The zero-order chi connectivity index (χ0) is 52.9. The average Bonchev–Trinajstić information content (AvgIpc) is 3.39. The first-order chi connectivity index (χ1) is 36.0. The van der Waals surface area contributed by atoms with Crippen LogP contribution in [0, 0.1) is 0 Å². The van der Waals surface area contributed by atoms with Crippen molar-refractivity contribution in [3.8, 4) is 0 Å². The molecule has 3 N–H and O–H groups in total. The molecular weight excluding hydrogens is 899 g/mol. The number of hydrogen-bond acceptors (Lipinski definition) is 5. The lowest BCUT2D eigenvalue weighted by Gasteiger charge is -2.20. The Morgan fingerprint density at radius 3 is 1.04 bits per heavy atom. The summed E-state index contributed by atoms with van der Waals surface area (Å²) >= 11 is 0. The van der Waals surface area contributed by atoms with Crippen molar-refractivity contribution in [2.24, 2.45) is 0 Å². The lowest BCUT2D eigenvalue weighted by atomic mass is 10.0. The van der Waals surface area contributed by atoms with E-state index in [-0.39, 0.29) is 18.5 Å². The number of allylic oxidation sites excluding steroid dienone is 5. The van der Waals surface area contributed by atoms with Crippen LogP contribution in [-0.4, -0.2) is 47.4 Å². The number of hydrogen-bond donors (Lipinski definition) is 3. The molecule has 0 aliphatic carbocycles. The molecule has 6 nitrogen and oxygen atoms in total. The number of amides is 1. The van der Waals surface area contributed by atoms with Crippen molar-refractivity contribution >= 4 is 11.9 Å². The van der Waals surface area contributed by atoms with Gasteiger partial charge in [0.05, 0.1) is 25.4 Å². The fourth-order valence-electron chi connectivity index (χ4n) is 10.1. The summed E-state index contributed by atoms with van der Waals surface area (Å²) < 4.78 is 5.47. The van der Waals surface area contributed by atoms with E-state index in [0.29, 0.717) is 19.4 Å². The third kappa shape index (κ3) is 59.2. The van der Waals surface area contributed by atoms with Gasteiger partial charge in [-0.05, 0) is 64.2 Å². The number of unbranched alkanes of at least 4 members (excludes halogenated alkanes) is 46. The van der Waals surface area contributed by atoms with Gasteiger partial charge in [0.1, 0.15) is 0 Å². The maximum absolute atomic E-state index is 12.5. The molecule has 0 bridgehead atoms. The number of ether oxygens (including phenoxy) is 1. The molecule has 6 heteroatoms. The Labute approximate surface area is 455 Å². The highest BCUT2D eigenvalue weighted by atomic mass is 16.5. The number of aliphatic hydroxyl groups is 2. The second kappa shape index (κ2) is 62.6. The molecule has 0 saturated heterocycles. The van der Waals surface area contributed by atoms with E-state index in [0.717, 1.165) is 44.9 Å². The highest BCUT2D eigenvalue weighted by Crippen LogP contribution is 2.17. The first kappa shape index (κ1) is 71.1. The molecule has 2 atom stereocenters. The van der Waals surface area contributed by atoms with Crippen LogP contribution in [0.15, 0.2) is 36.5 Å². The fourth-order valence-corrected chi connectivity index (χ4v) is 10.1. The quantitative estimate of drug-likeness (QED) is 0.0320. The molecule has 0 aliphatic rings. The SMILES string of the molecule is CCCCCCCCCCCCC/C=C/C(O)C(CO)NC(=O)CCCCCCCCCCCCCCCCC/C=C\C/C=C\CCCCCCCCCCCOC(=O)CCCCCCCCCCCCCC. The van der Waals surface area contributed by atoms with Crippen LogP contribution >= 0.6 is 0 Å². The molecule has 73 heavy (non-hydrogen) atoms. The van der Waals surface area contributed by atoms with Crippen molar-refractivity contribution in [3.63, 3.8) is 0 Å². The smallest absolute Gasteiger partial charge is 0.305 e. The molecule has 0 heterocycles. The van der Waals surface area contributed by atoms with E-state index >= 15 is 0 Å².